The van der Waals surface area contributed by atoms with Gasteiger partial charge in [-0.1, -0.05) is 13.8 Å². The standard InChI is InChI=1S/C13H19N5OS/c1-4-18(5-2)8-12(19)16-11-6-10(15)9(7-14)13(17-11)20-3/h6H,4-5,8H2,1-3H3,(H3,15,16,17,19). The predicted molar refractivity (Wildman–Crippen MR) is 81.6 cm³/mol. The second-order valence-corrected chi connectivity index (χ2v) is 4.90. The lowest BCUT2D eigenvalue weighted by atomic mass is 10.2. The van der Waals surface area contributed by atoms with Crippen LogP contribution >= 0.6 is 11.8 Å². The maximum Gasteiger partial charge on any atom is 0.239 e. The van der Waals surface area contributed by atoms with Gasteiger partial charge >= 0.3 is 0 Å². The summed E-state index contributed by atoms with van der Waals surface area (Å²) in [5.74, 6) is 0.236. The van der Waals surface area contributed by atoms with Crippen molar-refractivity contribution in [3.05, 3.63) is 11.6 Å². The van der Waals surface area contributed by atoms with Gasteiger partial charge in [-0.2, -0.15) is 5.26 Å². The highest BCUT2D eigenvalue weighted by atomic mass is 32.2. The van der Waals surface area contributed by atoms with Crippen molar-refractivity contribution in [1.29, 1.82) is 5.26 Å². The molecule has 1 heterocycles. The molecule has 0 fully saturated rings. The van der Waals surface area contributed by atoms with Crippen molar-refractivity contribution in [3.63, 3.8) is 0 Å². The van der Waals surface area contributed by atoms with Crippen LogP contribution < -0.4 is 11.1 Å². The molecule has 0 spiro atoms. The first-order valence-electron chi connectivity index (χ1n) is 6.32. The molecule has 1 amide bonds. The molecule has 0 saturated carbocycles. The van der Waals surface area contributed by atoms with Crippen molar-refractivity contribution in [1.82, 2.24) is 9.88 Å². The number of hydrogen-bond acceptors (Lipinski definition) is 6. The molecule has 108 valence electrons. The molecule has 0 unspecified atom stereocenters. The summed E-state index contributed by atoms with van der Waals surface area (Å²) in [5.41, 5.74) is 6.47. The summed E-state index contributed by atoms with van der Waals surface area (Å²) in [6.07, 6.45) is 1.81. The molecule has 0 aromatic carbocycles. The molecule has 0 aliphatic heterocycles. The number of anilines is 2. The van der Waals surface area contributed by atoms with E-state index in [0.29, 0.717) is 28.6 Å². The van der Waals surface area contributed by atoms with Crippen molar-refractivity contribution < 1.29 is 4.79 Å². The molecule has 1 rings (SSSR count). The van der Waals surface area contributed by atoms with Crippen LogP contribution in [0.2, 0.25) is 0 Å². The number of thioether (sulfide) groups is 1. The normalized spacial score (nSPS) is 10.3. The van der Waals surface area contributed by atoms with E-state index in [9.17, 15) is 4.79 Å². The maximum atomic E-state index is 11.9. The number of nitrogens with two attached hydrogens (primary N) is 1. The van der Waals surface area contributed by atoms with Crippen LogP contribution in [-0.4, -0.2) is 41.7 Å². The molecule has 0 saturated heterocycles. The number of nitrogen functional groups attached to an aromatic ring is 1. The number of likely N-dealkylation sites (N-methyl/N-ethyl adjacent to an activating group) is 1. The SMILES string of the molecule is CCN(CC)CC(=O)Nc1cc(N)c(C#N)c(SC)n1. The lowest BCUT2D eigenvalue weighted by molar-refractivity contribution is -0.117. The zero-order valence-corrected chi connectivity index (χ0v) is 12.8. The highest BCUT2D eigenvalue weighted by Crippen LogP contribution is 2.25. The highest BCUT2D eigenvalue weighted by molar-refractivity contribution is 7.98. The van der Waals surface area contributed by atoms with Crippen LogP contribution in [0.25, 0.3) is 0 Å². The maximum absolute atomic E-state index is 11.9. The minimum atomic E-state index is -0.141. The van der Waals surface area contributed by atoms with Gasteiger partial charge in [0.2, 0.25) is 5.91 Å². The first-order chi connectivity index (χ1) is 9.55. The molecule has 1 aromatic rings. The molecule has 0 radical (unpaired) electrons. The predicted octanol–water partition coefficient (Wildman–Crippen LogP) is 1.54. The topological polar surface area (TPSA) is 95.0 Å². The fourth-order valence-corrected chi connectivity index (χ4v) is 2.25. The number of nitrogens with one attached hydrogen (secondary N) is 1. The Labute approximate surface area is 123 Å². The van der Waals surface area contributed by atoms with Gasteiger partial charge in [0.25, 0.3) is 0 Å². The van der Waals surface area contributed by atoms with Gasteiger partial charge in [0, 0.05) is 6.07 Å². The van der Waals surface area contributed by atoms with Gasteiger partial charge in [0.05, 0.1) is 12.2 Å². The summed E-state index contributed by atoms with van der Waals surface area (Å²) in [5, 5.41) is 12.2. The number of aromatic nitrogens is 1. The van der Waals surface area contributed by atoms with Gasteiger partial charge in [0.15, 0.2) is 0 Å². The zero-order valence-electron chi connectivity index (χ0n) is 11.9. The molecule has 0 aliphatic carbocycles. The lowest BCUT2D eigenvalue weighted by Gasteiger charge is -2.17. The van der Waals surface area contributed by atoms with E-state index in [1.54, 1.807) is 0 Å². The second kappa shape index (κ2) is 7.72. The monoisotopic (exact) mass is 293 g/mol. The molecule has 1 aromatic heterocycles. The van der Waals surface area contributed by atoms with Crippen LogP contribution in [0.5, 0.6) is 0 Å². The largest absolute Gasteiger partial charge is 0.397 e. The third-order valence-corrected chi connectivity index (χ3v) is 3.53. The Balaban J connectivity index is 2.86. The fraction of sp³-hybridized carbons (Fsp3) is 0.462. The van der Waals surface area contributed by atoms with Gasteiger partial charge in [-0.05, 0) is 19.3 Å². The Hall–Kier alpha value is -1.78. The molecular weight excluding hydrogens is 274 g/mol. The van der Waals surface area contributed by atoms with Crippen LogP contribution in [0.15, 0.2) is 11.1 Å². The summed E-state index contributed by atoms with van der Waals surface area (Å²) >= 11 is 1.32. The first kappa shape index (κ1) is 16.3. The van der Waals surface area contributed by atoms with Crippen LogP contribution in [0.3, 0.4) is 0 Å². The van der Waals surface area contributed by atoms with Crippen molar-refractivity contribution in [2.45, 2.75) is 18.9 Å². The smallest absolute Gasteiger partial charge is 0.239 e. The quantitative estimate of drug-likeness (QED) is 0.772. The van der Waals surface area contributed by atoms with E-state index in [1.807, 2.05) is 31.1 Å². The van der Waals surface area contributed by atoms with E-state index in [0.717, 1.165) is 13.1 Å². The van der Waals surface area contributed by atoms with Gasteiger partial charge < -0.3 is 11.1 Å². The minimum absolute atomic E-state index is 0.141. The summed E-state index contributed by atoms with van der Waals surface area (Å²) < 4.78 is 0. The van der Waals surface area contributed by atoms with E-state index in [4.69, 9.17) is 11.0 Å². The van der Waals surface area contributed by atoms with Crippen molar-refractivity contribution in [2.75, 3.05) is 36.9 Å². The van der Waals surface area contributed by atoms with E-state index < -0.39 is 0 Å². The number of carbonyl (C=O) groups excluding carboxylic acids is 1. The Morgan fingerprint density at radius 2 is 2.20 bits per heavy atom. The molecule has 7 heteroatoms. The molecule has 0 bridgehead atoms. The summed E-state index contributed by atoms with van der Waals surface area (Å²) in [4.78, 5) is 18.1. The number of nitrogens with zero attached hydrogens (tertiary/aromatic N) is 3. The van der Waals surface area contributed by atoms with Crippen LogP contribution in [0.4, 0.5) is 11.5 Å². The van der Waals surface area contributed by atoms with Crippen molar-refractivity contribution in [2.24, 2.45) is 0 Å². The average Bonchev–Trinajstić information content (AvgIpc) is 2.43. The van der Waals surface area contributed by atoms with E-state index in [1.165, 1.54) is 17.8 Å². The van der Waals surface area contributed by atoms with Gasteiger partial charge in [-0.15, -0.1) is 11.8 Å². The Morgan fingerprint density at radius 1 is 1.55 bits per heavy atom. The molecule has 20 heavy (non-hydrogen) atoms. The number of pyridine rings is 1. The summed E-state index contributed by atoms with van der Waals surface area (Å²) in [6.45, 7) is 5.93. The Kier molecular flexibility index (Phi) is 6.28. The van der Waals surface area contributed by atoms with E-state index >= 15 is 0 Å². The number of amides is 1. The van der Waals surface area contributed by atoms with Crippen molar-refractivity contribution >= 4 is 29.2 Å². The number of nitriles is 1. The van der Waals surface area contributed by atoms with Crippen LogP contribution in [-0.2, 0) is 4.79 Å². The second-order valence-electron chi connectivity index (χ2n) is 4.10. The number of hydrogen-bond donors (Lipinski definition) is 2. The van der Waals surface area contributed by atoms with Gasteiger partial charge in [0.1, 0.15) is 22.5 Å². The molecule has 6 nitrogen and oxygen atoms in total. The Bertz CT molecular complexity index is 522. The van der Waals surface area contributed by atoms with Crippen LogP contribution in [0, 0.1) is 11.3 Å². The minimum Gasteiger partial charge on any atom is -0.397 e. The lowest BCUT2D eigenvalue weighted by Crippen LogP contribution is -2.33. The van der Waals surface area contributed by atoms with Crippen LogP contribution in [0.1, 0.15) is 19.4 Å². The number of rotatable bonds is 6. The van der Waals surface area contributed by atoms with Gasteiger partial charge in [-0.3, -0.25) is 9.69 Å². The third-order valence-electron chi connectivity index (χ3n) is 2.85. The average molecular weight is 293 g/mol. The molecule has 3 N–H and O–H groups in total. The van der Waals surface area contributed by atoms with Gasteiger partial charge in [-0.25, -0.2) is 4.98 Å². The van der Waals surface area contributed by atoms with E-state index in [-0.39, 0.29) is 5.91 Å². The number of carbonyl (C=O) groups is 1. The third kappa shape index (κ3) is 4.11. The highest BCUT2D eigenvalue weighted by Gasteiger charge is 2.13. The van der Waals surface area contributed by atoms with E-state index in [2.05, 4.69) is 10.3 Å². The zero-order chi connectivity index (χ0) is 15.1. The molecule has 0 atom stereocenters. The summed E-state index contributed by atoms with van der Waals surface area (Å²) in [7, 11) is 0. The first-order valence-corrected chi connectivity index (χ1v) is 7.54. The molecule has 0 aliphatic rings. The summed E-state index contributed by atoms with van der Waals surface area (Å²) in [6, 6.07) is 3.53. The van der Waals surface area contributed by atoms with Crippen molar-refractivity contribution in [3.8, 4) is 6.07 Å². The fourth-order valence-electron chi connectivity index (χ4n) is 1.70. The Morgan fingerprint density at radius 3 is 2.70 bits per heavy atom. The molecular formula is C13H19N5OS.